The molecule has 0 aliphatic heterocycles. The van der Waals surface area contributed by atoms with E-state index in [-0.39, 0.29) is 24.9 Å². The molecule has 136 valence electrons. The quantitative estimate of drug-likeness (QED) is 0.472. The maximum absolute atomic E-state index is 12.0. The van der Waals surface area contributed by atoms with Crippen LogP contribution in [0, 0.1) is 6.92 Å². The predicted molar refractivity (Wildman–Crippen MR) is 89.8 cm³/mol. The Morgan fingerprint density at radius 1 is 1.15 bits per heavy atom. The molecule has 0 fully saturated rings. The molecule has 0 atom stereocenters. The lowest BCUT2D eigenvalue weighted by molar-refractivity contribution is -0.146. The van der Waals surface area contributed by atoms with E-state index in [0.29, 0.717) is 11.6 Å². The summed E-state index contributed by atoms with van der Waals surface area (Å²) in [5.41, 5.74) is 1.95. The third kappa shape index (κ3) is 3.89. The van der Waals surface area contributed by atoms with Gasteiger partial charge in [0.2, 0.25) is 5.82 Å². The number of carbonyl (C=O) groups excluding carboxylic acids is 1. The first kappa shape index (κ1) is 16.6. The number of tetrazole rings is 1. The van der Waals surface area contributed by atoms with E-state index in [9.17, 15) is 4.79 Å². The second-order valence-corrected chi connectivity index (χ2v) is 5.65. The summed E-state index contributed by atoms with van der Waals surface area (Å²) in [7, 11) is 0. The van der Waals surface area contributed by atoms with E-state index in [1.165, 1.54) is 11.1 Å². The van der Waals surface area contributed by atoms with E-state index in [1.807, 2.05) is 31.2 Å². The van der Waals surface area contributed by atoms with Gasteiger partial charge in [0.25, 0.3) is 11.8 Å². The van der Waals surface area contributed by atoms with Crippen molar-refractivity contribution in [1.82, 2.24) is 30.4 Å². The Morgan fingerprint density at radius 3 is 2.78 bits per heavy atom. The van der Waals surface area contributed by atoms with Crippen LogP contribution in [-0.2, 0) is 22.7 Å². The number of benzene rings is 1. The first-order valence-electron chi connectivity index (χ1n) is 8.04. The van der Waals surface area contributed by atoms with Gasteiger partial charge in [-0.05, 0) is 24.3 Å². The number of esters is 1. The number of ether oxygens (including phenoxy) is 1. The van der Waals surface area contributed by atoms with Crippen LogP contribution in [0.4, 0.5) is 0 Å². The fourth-order valence-electron chi connectivity index (χ4n) is 2.24. The van der Waals surface area contributed by atoms with Crippen molar-refractivity contribution < 1.29 is 18.4 Å². The van der Waals surface area contributed by atoms with Gasteiger partial charge in [-0.1, -0.05) is 29.8 Å². The van der Waals surface area contributed by atoms with E-state index in [2.05, 4.69) is 25.6 Å². The second kappa shape index (κ2) is 7.20. The highest BCUT2D eigenvalue weighted by Gasteiger charge is 2.14. The molecule has 3 aromatic heterocycles. The molecule has 0 unspecified atom stereocenters. The van der Waals surface area contributed by atoms with E-state index in [0.717, 1.165) is 11.1 Å². The molecule has 0 spiro atoms. The summed E-state index contributed by atoms with van der Waals surface area (Å²) in [6, 6.07) is 11.1. The summed E-state index contributed by atoms with van der Waals surface area (Å²) in [6.07, 6.45) is 1.50. The number of carbonyl (C=O) groups is 1. The average molecular weight is 366 g/mol. The van der Waals surface area contributed by atoms with Crippen LogP contribution in [0.1, 0.15) is 11.5 Å². The molecule has 1 aromatic carbocycles. The molecule has 0 saturated heterocycles. The van der Waals surface area contributed by atoms with Crippen LogP contribution >= 0.6 is 0 Å². The van der Waals surface area contributed by atoms with Crippen molar-refractivity contribution in [3.05, 3.63) is 54.1 Å². The molecule has 0 saturated carbocycles. The lowest BCUT2D eigenvalue weighted by atomic mass is 10.1. The smallest absolute Gasteiger partial charge is 0.330 e. The highest BCUT2D eigenvalue weighted by Crippen LogP contribution is 2.18. The molecular weight excluding hydrogens is 352 g/mol. The summed E-state index contributed by atoms with van der Waals surface area (Å²) < 4.78 is 15.6. The summed E-state index contributed by atoms with van der Waals surface area (Å²) in [5, 5.41) is 19.6. The van der Waals surface area contributed by atoms with Crippen molar-refractivity contribution >= 4 is 5.97 Å². The van der Waals surface area contributed by atoms with Crippen LogP contribution in [0.5, 0.6) is 0 Å². The Morgan fingerprint density at radius 2 is 2.00 bits per heavy atom. The van der Waals surface area contributed by atoms with Gasteiger partial charge in [-0.3, -0.25) is 0 Å². The minimum absolute atomic E-state index is 0.154. The van der Waals surface area contributed by atoms with Crippen LogP contribution in [0.2, 0.25) is 0 Å². The monoisotopic (exact) mass is 366 g/mol. The van der Waals surface area contributed by atoms with Gasteiger partial charge in [-0.25, -0.2) is 4.79 Å². The zero-order valence-electron chi connectivity index (χ0n) is 14.3. The number of aryl methyl sites for hydroxylation is 1. The Kier molecular flexibility index (Phi) is 4.44. The van der Waals surface area contributed by atoms with Crippen molar-refractivity contribution in [2.24, 2.45) is 0 Å². The zero-order chi connectivity index (χ0) is 18.6. The molecule has 0 N–H and O–H groups in total. The fourth-order valence-corrected chi connectivity index (χ4v) is 2.24. The Hall–Kier alpha value is -3.82. The van der Waals surface area contributed by atoms with Crippen LogP contribution in [0.15, 0.2) is 51.5 Å². The average Bonchev–Trinajstić information content (AvgIpc) is 3.42. The van der Waals surface area contributed by atoms with Gasteiger partial charge in [0.15, 0.2) is 18.9 Å². The van der Waals surface area contributed by atoms with Gasteiger partial charge in [-0.15, -0.1) is 20.4 Å². The lowest BCUT2D eigenvalue weighted by Crippen LogP contribution is -2.15. The van der Waals surface area contributed by atoms with Gasteiger partial charge in [0.1, 0.15) is 0 Å². The largest absolute Gasteiger partial charge is 0.459 e. The van der Waals surface area contributed by atoms with E-state index in [4.69, 9.17) is 13.6 Å². The fraction of sp³-hybridized carbons (Fsp3) is 0.176. The maximum atomic E-state index is 12.0. The van der Waals surface area contributed by atoms with Gasteiger partial charge in [0, 0.05) is 5.56 Å². The molecule has 3 heterocycles. The number of hydrogen-bond acceptors (Lipinski definition) is 9. The molecule has 10 heteroatoms. The van der Waals surface area contributed by atoms with Crippen LogP contribution in [0.3, 0.4) is 0 Å². The Labute approximate surface area is 152 Å². The third-order valence-corrected chi connectivity index (χ3v) is 3.59. The number of aromatic nitrogens is 6. The molecule has 0 aliphatic rings. The topological polar surface area (TPSA) is 122 Å². The van der Waals surface area contributed by atoms with E-state index >= 15 is 0 Å². The highest BCUT2D eigenvalue weighted by atomic mass is 16.5. The summed E-state index contributed by atoms with van der Waals surface area (Å²) in [4.78, 5) is 13.1. The summed E-state index contributed by atoms with van der Waals surface area (Å²) in [5.74, 6) is 0.687. The van der Waals surface area contributed by atoms with Crippen LogP contribution in [-0.4, -0.2) is 36.4 Å². The lowest BCUT2D eigenvalue weighted by Gasteiger charge is -2.00. The SMILES string of the molecule is Cc1ccc(-c2nnn(CC(=O)OCc3nnc(-c4ccco4)o3)n2)cc1. The number of furan rings is 1. The number of hydrogen-bond donors (Lipinski definition) is 0. The Balaban J connectivity index is 1.33. The van der Waals surface area contributed by atoms with Crippen molar-refractivity contribution in [2.45, 2.75) is 20.1 Å². The molecule has 0 bridgehead atoms. The van der Waals surface area contributed by atoms with Crippen LogP contribution < -0.4 is 0 Å². The summed E-state index contributed by atoms with van der Waals surface area (Å²) in [6.45, 7) is 1.65. The minimum atomic E-state index is -0.555. The molecule has 0 amide bonds. The highest BCUT2D eigenvalue weighted by molar-refractivity contribution is 5.68. The third-order valence-electron chi connectivity index (χ3n) is 3.59. The molecular formula is C17H14N6O4. The summed E-state index contributed by atoms with van der Waals surface area (Å²) >= 11 is 0. The van der Waals surface area contributed by atoms with Crippen molar-refractivity contribution in [1.29, 1.82) is 0 Å². The molecule has 27 heavy (non-hydrogen) atoms. The molecule has 0 aliphatic carbocycles. The normalized spacial score (nSPS) is 10.9. The predicted octanol–water partition coefficient (Wildman–Crippen LogP) is 2.03. The molecule has 10 nitrogen and oxygen atoms in total. The number of rotatable bonds is 6. The van der Waals surface area contributed by atoms with E-state index < -0.39 is 5.97 Å². The molecule has 4 rings (SSSR count). The Bertz CT molecular complexity index is 1040. The van der Waals surface area contributed by atoms with Gasteiger partial charge < -0.3 is 13.6 Å². The second-order valence-electron chi connectivity index (χ2n) is 5.65. The first-order chi connectivity index (χ1) is 13.2. The van der Waals surface area contributed by atoms with Crippen molar-refractivity contribution in [3.8, 4) is 23.0 Å². The van der Waals surface area contributed by atoms with Crippen LogP contribution in [0.25, 0.3) is 23.0 Å². The van der Waals surface area contributed by atoms with Crippen molar-refractivity contribution in [2.75, 3.05) is 0 Å². The zero-order valence-corrected chi connectivity index (χ0v) is 14.3. The molecule has 0 radical (unpaired) electrons. The first-order valence-corrected chi connectivity index (χ1v) is 8.04. The standard InChI is InChI=1S/C17H14N6O4/c1-11-4-6-12(7-5-11)16-19-22-23(21-16)9-15(24)26-10-14-18-20-17(27-14)13-3-2-8-25-13/h2-8H,9-10H2,1H3. The minimum Gasteiger partial charge on any atom is -0.459 e. The van der Waals surface area contributed by atoms with Gasteiger partial charge >= 0.3 is 5.97 Å². The molecule has 4 aromatic rings. The van der Waals surface area contributed by atoms with E-state index in [1.54, 1.807) is 12.1 Å². The maximum Gasteiger partial charge on any atom is 0.330 e. The number of nitrogens with zero attached hydrogens (tertiary/aromatic N) is 6. The van der Waals surface area contributed by atoms with Gasteiger partial charge in [0.05, 0.1) is 6.26 Å². The van der Waals surface area contributed by atoms with Gasteiger partial charge in [-0.2, -0.15) is 4.80 Å². The van der Waals surface area contributed by atoms with Crippen molar-refractivity contribution in [3.63, 3.8) is 0 Å².